The molecule has 48 valence electrons. The van der Waals surface area contributed by atoms with Crippen molar-refractivity contribution in [3.8, 4) is 0 Å². The molecule has 0 amide bonds. The third kappa shape index (κ3) is 27.5. The van der Waals surface area contributed by atoms with Crippen molar-refractivity contribution in [3.63, 3.8) is 0 Å². The molecule has 0 spiro atoms. The van der Waals surface area contributed by atoms with Crippen LogP contribution >= 0.6 is 0 Å². The predicted octanol–water partition coefficient (Wildman–Crippen LogP) is -0.393. The van der Waals surface area contributed by atoms with E-state index in [0.717, 1.165) is 0 Å². The molecule has 0 rings (SSSR count). The van der Waals surface area contributed by atoms with Gasteiger partial charge in [-0.05, 0) is 0 Å². The Morgan fingerprint density at radius 1 is 1.00 bits per heavy atom. The molecule has 0 unspecified atom stereocenters. The Balaban J connectivity index is 0. The summed E-state index contributed by atoms with van der Waals surface area (Å²) < 4.78 is 0. The first kappa shape index (κ1) is 62.3. The summed E-state index contributed by atoms with van der Waals surface area (Å²) in [5.41, 5.74) is 0. The Morgan fingerprint density at radius 3 is 1.00 bits per heavy atom. The van der Waals surface area contributed by atoms with Gasteiger partial charge in [-0.3, -0.25) is 0 Å². The first-order chi connectivity index (χ1) is 0. The maximum absolute atomic E-state index is 0. The van der Waals surface area contributed by atoms with Crippen LogP contribution in [0.25, 0.3) is 0 Å². The molecule has 0 aliphatic rings. The molecule has 0 saturated carbocycles. The van der Waals surface area contributed by atoms with Gasteiger partial charge in [0.1, 0.15) is 0 Å². The molecule has 0 aromatic rings. The average Bonchev–Trinajstić information content (AvgIpc) is 0. The van der Waals surface area contributed by atoms with Crippen LogP contribution in [-0.4, -0.2) is 17.4 Å². The monoisotopic (exact) mass is 318 g/mol. The van der Waals surface area contributed by atoms with Gasteiger partial charge in [0.05, 0.1) is 0 Å². The summed E-state index contributed by atoms with van der Waals surface area (Å²) in [6.07, 6.45) is 0. The second kappa shape index (κ2) is 42.6. The van der Waals surface area contributed by atoms with Crippen LogP contribution in [0, 0.1) is 0 Å². The molecule has 0 bridgehead atoms. The smallest absolute Gasteiger partial charge is 0 e. The van der Waals surface area contributed by atoms with Crippen LogP contribution in [0.2, 0.25) is 0 Å². The summed E-state index contributed by atoms with van der Waals surface area (Å²) in [6, 6.07) is 0. The number of hydrogen-bond donors (Lipinski definition) is 0. The molecule has 0 heterocycles. The minimum atomic E-state index is 0. The van der Waals surface area contributed by atoms with Crippen molar-refractivity contribution in [3.05, 3.63) is 0 Å². The van der Waals surface area contributed by atoms with Crippen molar-refractivity contribution in [2.75, 3.05) is 0 Å². The fourth-order valence-corrected chi connectivity index (χ4v) is 0. The Bertz CT molecular complexity index is 15.5. The van der Waals surface area contributed by atoms with E-state index in [1.807, 2.05) is 0 Å². The van der Waals surface area contributed by atoms with Crippen molar-refractivity contribution < 1.29 is 84.5 Å². The second-order valence-electron chi connectivity index (χ2n) is 0. The summed E-state index contributed by atoms with van der Waals surface area (Å²) in [6.45, 7) is 0. The van der Waals surface area contributed by atoms with Crippen LogP contribution in [0.1, 0.15) is 0 Å². The quantitative estimate of drug-likeness (QED) is 0.534. The van der Waals surface area contributed by atoms with Gasteiger partial charge >= 0.3 is 0 Å². The van der Waals surface area contributed by atoms with E-state index in [0.29, 0.717) is 0 Å². The molecule has 0 aromatic heterocycles. The van der Waals surface area contributed by atoms with Gasteiger partial charge in [-0.1, -0.05) is 0 Å². The number of hydrogen-bond acceptors (Lipinski definition) is 0. The predicted molar refractivity (Wildman–Crippen MR) is 5.75 cm³/mol. The zero-order valence-electron chi connectivity index (χ0n) is 2.26. The SMILES string of the molecule is [Al].[Co].[Cu].[Fe].[Mn].[Ni]. The largest absolute Gasteiger partial charge is 0 e. The molecule has 6 heavy (non-hydrogen) atoms. The van der Waals surface area contributed by atoms with Crippen molar-refractivity contribution in [2.24, 2.45) is 0 Å². The Kier molecular flexibility index (Phi) is 442. The standard InChI is InChI=1S/Al.Co.Cu.Fe.Mn.Ni. The normalized spacial score (nSPS) is 0. The summed E-state index contributed by atoms with van der Waals surface area (Å²) in [7, 11) is 0. The Labute approximate surface area is 100 Å². The number of rotatable bonds is 0. The van der Waals surface area contributed by atoms with Crippen molar-refractivity contribution >= 4 is 17.4 Å². The molecule has 0 aliphatic carbocycles. The van der Waals surface area contributed by atoms with E-state index in [1.54, 1.807) is 0 Å². The Morgan fingerprint density at radius 2 is 1.00 bits per heavy atom. The summed E-state index contributed by atoms with van der Waals surface area (Å²) >= 11 is 0. The van der Waals surface area contributed by atoms with Gasteiger partial charge < -0.3 is 0 Å². The molecule has 0 saturated heterocycles. The van der Waals surface area contributed by atoms with E-state index in [2.05, 4.69) is 0 Å². The van der Waals surface area contributed by atoms with Crippen LogP contribution < -0.4 is 0 Å². The summed E-state index contributed by atoms with van der Waals surface area (Å²) in [5, 5.41) is 0. The van der Waals surface area contributed by atoms with E-state index in [-0.39, 0.29) is 102 Å². The van der Waals surface area contributed by atoms with E-state index in [1.165, 1.54) is 0 Å². The van der Waals surface area contributed by atoms with E-state index in [4.69, 9.17) is 0 Å². The zero-order valence-corrected chi connectivity index (χ0v) is 8.67. The topological polar surface area (TPSA) is 0 Å². The minimum Gasteiger partial charge on any atom is 0 e. The minimum absolute atomic E-state index is 0. The maximum Gasteiger partial charge on any atom is 0 e. The van der Waals surface area contributed by atoms with Crippen molar-refractivity contribution in [1.29, 1.82) is 0 Å². The van der Waals surface area contributed by atoms with E-state index < -0.39 is 0 Å². The van der Waals surface area contributed by atoms with E-state index >= 15 is 0 Å². The van der Waals surface area contributed by atoms with Crippen LogP contribution in [0.4, 0.5) is 0 Å². The molecular weight excluding hydrogens is 319 g/mol. The van der Waals surface area contributed by atoms with Gasteiger partial charge in [0.2, 0.25) is 0 Å². The molecule has 6 heteroatoms. The molecule has 0 N–H and O–H groups in total. The van der Waals surface area contributed by atoms with Crippen LogP contribution in [0.5, 0.6) is 0 Å². The van der Waals surface area contributed by atoms with E-state index in [9.17, 15) is 0 Å². The van der Waals surface area contributed by atoms with Gasteiger partial charge in [0, 0.05) is 102 Å². The van der Waals surface area contributed by atoms with Crippen LogP contribution in [0.15, 0.2) is 0 Å². The molecular formula is AlCoCuFeMnNi. The summed E-state index contributed by atoms with van der Waals surface area (Å²) in [4.78, 5) is 0. The third-order valence-electron chi connectivity index (χ3n) is 0. The Hall–Kier alpha value is 3.09. The van der Waals surface area contributed by atoms with Gasteiger partial charge in [-0.2, -0.15) is 0 Å². The van der Waals surface area contributed by atoms with Crippen molar-refractivity contribution in [2.45, 2.75) is 0 Å². The third-order valence-corrected chi connectivity index (χ3v) is 0. The van der Waals surface area contributed by atoms with Gasteiger partial charge in [-0.15, -0.1) is 0 Å². The van der Waals surface area contributed by atoms with Gasteiger partial charge in [0.15, 0.2) is 0 Å². The summed E-state index contributed by atoms with van der Waals surface area (Å²) in [5.74, 6) is 0. The first-order valence-electron chi connectivity index (χ1n) is 0. The molecule has 0 fully saturated rings. The average molecular weight is 319 g/mol. The van der Waals surface area contributed by atoms with Crippen LogP contribution in [-0.2, 0) is 84.5 Å². The van der Waals surface area contributed by atoms with Gasteiger partial charge in [0.25, 0.3) is 0 Å². The fraction of sp³-hybridized carbons (Fsp3) is 0. The van der Waals surface area contributed by atoms with Crippen molar-refractivity contribution in [1.82, 2.24) is 0 Å². The molecule has 0 nitrogen and oxygen atoms in total. The molecule has 0 aromatic carbocycles. The molecule has 6 radical (unpaired) electrons. The molecule has 0 atom stereocenters. The second-order valence-corrected chi connectivity index (χ2v) is 0. The zero-order chi connectivity index (χ0) is 0. The van der Waals surface area contributed by atoms with Crippen LogP contribution in [0.3, 0.4) is 0 Å². The molecule has 0 aliphatic heterocycles. The first-order valence-corrected chi connectivity index (χ1v) is 0. The maximum atomic E-state index is 0. The fourth-order valence-electron chi connectivity index (χ4n) is 0. The van der Waals surface area contributed by atoms with Gasteiger partial charge in [-0.25, -0.2) is 0 Å².